The van der Waals surface area contributed by atoms with E-state index >= 15 is 0 Å². The molecular formula is C18H21FN2O3S. The van der Waals surface area contributed by atoms with Crippen LogP contribution >= 0.6 is 0 Å². The molecule has 1 amide bonds. The van der Waals surface area contributed by atoms with Gasteiger partial charge in [0.15, 0.2) is 9.84 Å². The van der Waals surface area contributed by atoms with Crippen LogP contribution < -0.4 is 11.1 Å². The number of benzene rings is 2. The molecule has 3 N–H and O–H groups in total. The van der Waals surface area contributed by atoms with E-state index in [-0.39, 0.29) is 17.2 Å². The predicted octanol–water partition coefficient (Wildman–Crippen LogP) is 2.62. The van der Waals surface area contributed by atoms with Crippen LogP contribution in [0.15, 0.2) is 47.4 Å². The SMILES string of the molecule is CC(NC(=O)CCc1ccccc1N)c1ccc(S(C)(=O)=O)c(F)c1. The van der Waals surface area contributed by atoms with Crippen molar-refractivity contribution in [3.8, 4) is 0 Å². The summed E-state index contributed by atoms with van der Waals surface area (Å²) in [6.07, 6.45) is 1.71. The lowest BCUT2D eigenvalue weighted by Gasteiger charge is -2.15. The highest BCUT2D eigenvalue weighted by Gasteiger charge is 2.17. The van der Waals surface area contributed by atoms with Crippen LogP contribution in [0.1, 0.15) is 30.5 Å². The number of halogens is 1. The number of nitrogens with one attached hydrogen (secondary N) is 1. The van der Waals surface area contributed by atoms with E-state index in [0.29, 0.717) is 17.7 Å². The molecule has 0 fully saturated rings. The summed E-state index contributed by atoms with van der Waals surface area (Å²) >= 11 is 0. The molecule has 0 aliphatic heterocycles. The van der Waals surface area contributed by atoms with Crippen LogP contribution in [0.25, 0.3) is 0 Å². The number of hydrogen-bond donors (Lipinski definition) is 2. The number of amides is 1. The van der Waals surface area contributed by atoms with Crippen LogP contribution in [0.2, 0.25) is 0 Å². The van der Waals surface area contributed by atoms with Gasteiger partial charge in [0, 0.05) is 18.4 Å². The minimum absolute atomic E-state index is 0.191. The molecule has 0 aliphatic rings. The van der Waals surface area contributed by atoms with Crippen LogP contribution in [0.4, 0.5) is 10.1 Å². The summed E-state index contributed by atoms with van der Waals surface area (Å²) in [7, 11) is -3.62. The van der Waals surface area contributed by atoms with Gasteiger partial charge in [-0.05, 0) is 42.7 Å². The van der Waals surface area contributed by atoms with Crippen molar-refractivity contribution < 1.29 is 17.6 Å². The fourth-order valence-electron chi connectivity index (χ4n) is 2.49. The number of para-hydroxylation sites is 1. The molecule has 0 saturated heterocycles. The molecule has 0 aromatic heterocycles. The van der Waals surface area contributed by atoms with E-state index in [1.165, 1.54) is 12.1 Å². The molecule has 134 valence electrons. The number of sulfone groups is 1. The number of hydrogen-bond acceptors (Lipinski definition) is 4. The van der Waals surface area contributed by atoms with Crippen molar-refractivity contribution in [3.63, 3.8) is 0 Å². The van der Waals surface area contributed by atoms with E-state index in [4.69, 9.17) is 5.73 Å². The Kier molecular flexibility index (Phi) is 5.79. The first-order valence-electron chi connectivity index (χ1n) is 7.80. The third-order valence-corrected chi connectivity index (χ3v) is 5.04. The van der Waals surface area contributed by atoms with Gasteiger partial charge in [-0.15, -0.1) is 0 Å². The first-order valence-corrected chi connectivity index (χ1v) is 9.70. The molecule has 2 aromatic rings. The molecule has 0 spiro atoms. The van der Waals surface area contributed by atoms with Gasteiger partial charge >= 0.3 is 0 Å². The standard InChI is InChI=1S/C18H21FN2O3S/c1-12(14-7-9-17(15(19)11-14)25(2,23)24)21-18(22)10-8-13-5-3-4-6-16(13)20/h3-7,9,11-12H,8,10,20H2,1-2H3,(H,21,22). The predicted molar refractivity (Wildman–Crippen MR) is 95.2 cm³/mol. The van der Waals surface area contributed by atoms with Gasteiger partial charge in [-0.25, -0.2) is 12.8 Å². The van der Waals surface area contributed by atoms with Crippen molar-refractivity contribution in [1.82, 2.24) is 5.32 Å². The van der Waals surface area contributed by atoms with E-state index in [2.05, 4.69) is 5.32 Å². The smallest absolute Gasteiger partial charge is 0.220 e. The van der Waals surface area contributed by atoms with E-state index in [1.807, 2.05) is 18.2 Å². The summed E-state index contributed by atoms with van der Waals surface area (Å²) < 4.78 is 36.8. The summed E-state index contributed by atoms with van der Waals surface area (Å²) in [5.74, 6) is -1.01. The van der Waals surface area contributed by atoms with Crippen LogP contribution in [0.3, 0.4) is 0 Å². The van der Waals surface area contributed by atoms with Gasteiger partial charge in [0.05, 0.1) is 6.04 Å². The fraction of sp³-hybridized carbons (Fsp3) is 0.278. The molecule has 0 radical (unpaired) electrons. The first-order chi connectivity index (χ1) is 11.7. The van der Waals surface area contributed by atoms with Gasteiger partial charge in [0.25, 0.3) is 0 Å². The lowest BCUT2D eigenvalue weighted by atomic mass is 10.1. The van der Waals surface area contributed by atoms with Crippen LogP contribution in [0.5, 0.6) is 0 Å². The molecule has 7 heteroatoms. The number of aryl methyl sites for hydroxylation is 1. The normalized spacial score (nSPS) is 12.6. The molecule has 1 atom stereocenters. The Bertz CT molecular complexity index is 882. The van der Waals surface area contributed by atoms with E-state index in [0.717, 1.165) is 17.9 Å². The molecule has 2 rings (SSSR count). The minimum atomic E-state index is -3.62. The van der Waals surface area contributed by atoms with E-state index in [1.54, 1.807) is 13.0 Å². The zero-order valence-corrected chi connectivity index (χ0v) is 14.9. The Labute approximate surface area is 147 Å². The molecule has 25 heavy (non-hydrogen) atoms. The summed E-state index contributed by atoms with van der Waals surface area (Å²) in [5.41, 5.74) is 7.88. The number of nitrogens with two attached hydrogens (primary N) is 1. The zero-order valence-electron chi connectivity index (χ0n) is 14.1. The van der Waals surface area contributed by atoms with Gasteiger partial charge in [-0.3, -0.25) is 4.79 Å². The van der Waals surface area contributed by atoms with Crippen molar-refractivity contribution in [1.29, 1.82) is 0 Å². The van der Waals surface area contributed by atoms with Crippen molar-refractivity contribution >= 4 is 21.4 Å². The fourth-order valence-corrected chi connectivity index (χ4v) is 3.22. The molecule has 0 saturated carbocycles. The summed E-state index contributed by atoms with van der Waals surface area (Å²) in [6, 6.07) is 10.7. The lowest BCUT2D eigenvalue weighted by Crippen LogP contribution is -2.27. The lowest BCUT2D eigenvalue weighted by molar-refractivity contribution is -0.121. The Morgan fingerprint density at radius 2 is 1.92 bits per heavy atom. The number of carbonyl (C=O) groups excluding carboxylic acids is 1. The molecular weight excluding hydrogens is 343 g/mol. The van der Waals surface area contributed by atoms with E-state index in [9.17, 15) is 17.6 Å². The molecule has 5 nitrogen and oxygen atoms in total. The Balaban J connectivity index is 1.99. The average Bonchev–Trinajstić information content (AvgIpc) is 2.52. The van der Waals surface area contributed by atoms with E-state index < -0.39 is 21.7 Å². The number of carbonyl (C=O) groups is 1. The quantitative estimate of drug-likeness (QED) is 0.771. The second-order valence-corrected chi connectivity index (χ2v) is 7.93. The highest BCUT2D eigenvalue weighted by molar-refractivity contribution is 7.90. The average molecular weight is 364 g/mol. The summed E-state index contributed by atoms with van der Waals surface area (Å²) in [6.45, 7) is 1.71. The van der Waals surface area contributed by atoms with Crippen LogP contribution in [-0.2, 0) is 21.1 Å². The maximum Gasteiger partial charge on any atom is 0.220 e. The second kappa shape index (κ2) is 7.65. The van der Waals surface area contributed by atoms with Gasteiger partial charge in [-0.2, -0.15) is 0 Å². The maximum absolute atomic E-state index is 14.0. The summed E-state index contributed by atoms with van der Waals surface area (Å²) in [4.78, 5) is 11.7. The number of rotatable bonds is 6. The van der Waals surface area contributed by atoms with Crippen molar-refractivity contribution in [2.24, 2.45) is 0 Å². The van der Waals surface area contributed by atoms with Crippen molar-refractivity contribution in [2.45, 2.75) is 30.7 Å². The number of anilines is 1. The second-order valence-electron chi connectivity index (χ2n) is 5.95. The van der Waals surface area contributed by atoms with Gasteiger partial charge in [-0.1, -0.05) is 24.3 Å². The molecule has 2 aromatic carbocycles. The molecule has 0 aliphatic carbocycles. The molecule has 0 bridgehead atoms. The third kappa shape index (κ3) is 5.03. The minimum Gasteiger partial charge on any atom is -0.399 e. The summed E-state index contributed by atoms with van der Waals surface area (Å²) in [5, 5.41) is 2.78. The van der Waals surface area contributed by atoms with Crippen molar-refractivity contribution in [3.05, 3.63) is 59.4 Å². The Hall–Kier alpha value is -2.41. The highest BCUT2D eigenvalue weighted by Crippen LogP contribution is 2.20. The molecule has 0 heterocycles. The monoisotopic (exact) mass is 364 g/mol. The zero-order chi connectivity index (χ0) is 18.6. The topological polar surface area (TPSA) is 89.3 Å². The van der Waals surface area contributed by atoms with Crippen LogP contribution in [-0.4, -0.2) is 20.6 Å². The highest BCUT2D eigenvalue weighted by atomic mass is 32.2. The maximum atomic E-state index is 14.0. The Morgan fingerprint density at radius 3 is 2.52 bits per heavy atom. The molecule has 1 unspecified atom stereocenters. The first kappa shape index (κ1) is 18.9. The largest absolute Gasteiger partial charge is 0.399 e. The van der Waals surface area contributed by atoms with Crippen molar-refractivity contribution in [2.75, 3.05) is 12.0 Å². The van der Waals surface area contributed by atoms with Gasteiger partial charge in [0.2, 0.25) is 5.91 Å². The number of nitrogen functional groups attached to an aromatic ring is 1. The third-order valence-electron chi connectivity index (χ3n) is 3.91. The van der Waals surface area contributed by atoms with Crippen LogP contribution in [0, 0.1) is 5.82 Å². The van der Waals surface area contributed by atoms with Gasteiger partial charge in [0.1, 0.15) is 10.7 Å². The Morgan fingerprint density at radius 1 is 1.24 bits per heavy atom. The van der Waals surface area contributed by atoms with Gasteiger partial charge < -0.3 is 11.1 Å².